The Balaban J connectivity index is 1.62. The molecule has 2 aromatic carbocycles. The van der Waals surface area contributed by atoms with Gasteiger partial charge >= 0.3 is 0 Å². The second-order valence-corrected chi connectivity index (χ2v) is 9.21. The lowest BCUT2D eigenvalue weighted by molar-refractivity contribution is -0.120. The van der Waals surface area contributed by atoms with Gasteiger partial charge in [-0.3, -0.25) is 4.79 Å². The Hall–Kier alpha value is -2.11. The standard InChI is InChI=1S/C19H17Cl2N3O3S/c20-15-1-4-17(5-2-15)28(26,27)24-9-7-13(8-10-24)19(25)23-16-3-6-18(21)14(11-16)12-22/h1-6,11,13H,7-10H2,(H,23,25). The van der Waals surface area contributed by atoms with E-state index in [-0.39, 0.29) is 35.4 Å². The summed E-state index contributed by atoms with van der Waals surface area (Å²) in [5.41, 5.74) is 0.769. The van der Waals surface area contributed by atoms with Gasteiger partial charge < -0.3 is 5.32 Å². The minimum Gasteiger partial charge on any atom is -0.326 e. The Kier molecular flexibility index (Phi) is 6.26. The van der Waals surface area contributed by atoms with Crippen LogP contribution in [0.25, 0.3) is 0 Å². The molecule has 0 bridgehead atoms. The maximum atomic E-state index is 12.7. The summed E-state index contributed by atoms with van der Waals surface area (Å²) < 4.78 is 26.8. The molecule has 2 aromatic rings. The Morgan fingerprint density at radius 1 is 1.11 bits per heavy atom. The molecule has 3 rings (SSSR count). The SMILES string of the molecule is N#Cc1cc(NC(=O)C2CCN(S(=O)(=O)c3ccc(Cl)cc3)CC2)ccc1Cl. The average molecular weight is 438 g/mol. The van der Waals surface area contributed by atoms with Gasteiger partial charge in [-0.25, -0.2) is 8.42 Å². The van der Waals surface area contributed by atoms with Gasteiger partial charge in [-0.1, -0.05) is 23.2 Å². The van der Waals surface area contributed by atoms with Gasteiger partial charge in [0.2, 0.25) is 15.9 Å². The molecule has 1 amide bonds. The molecule has 1 N–H and O–H groups in total. The zero-order valence-corrected chi connectivity index (χ0v) is 17.1. The fraction of sp³-hybridized carbons (Fsp3) is 0.263. The number of nitrogens with one attached hydrogen (secondary N) is 1. The van der Waals surface area contributed by atoms with Crippen molar-refractivity contribution >= 4 is 44.8 Å². The maximum Gasteiger partial charge on any atom is 0.243 e. The van der Waals surface area contributed by atoms with Crippen molar-refractivity contribution in [3.63, 3.8) is 0 Å². The van der Waals surface area contributed by atoms with E-state index in [9.17, 15) is 13.2 Å². The first-order chi connectivity index (χ1) is 13.3. The molecule has 1 fully saturated rings. The fourth-order valence-electron chi connectivity index (χ4n) is 3.05. The van der Waals surface area contributed by atoms with E-state index in [1.807, 2.05) is 6.07 Å². The number of halogens is 2. The number of carbonyl (C=O) groups excluding carboxylic acids is 1. The molecule has 0 radical (unpaired) electrons. The normalized spacial score (nSPS) is 15.8. The van der Waals surface area contributed by atoms with Crippen LogP contribution in [0.15, 0.2) is 47.4 Å². The lowest BCUT2D eigenvalue weighted by Crippen LogP contribution is -2.41. The van der Waals surface area contributed by atoms with Crippen LogP contribution in [0, 0.1) is 17.2 Å². The lowest BCUT2D eigenvalue weighted by Gasteiger charge is -2.30. The van der Waals surface area contributed by atoms with Crippen LogP contribution in [0.3, 0.4) is 0 Å². The number of rotatable bonds is 4. The molecule has 0 aromatic heterocycles. The van der Waals surface area contributed by atoms with Gasteiger partial charge in [-0.2, -0.15) is 9.57 Å². The number of nitriles is 1. The van der Waals surface area contributed by atoms with Crippen LogP contribution in [-0.4, -0.2) is 31.7 Å². The topological polar surface area (TPSA) is 90.3 Å². The van der Waals surface area contributed by atoms with E-state index in [1.165, 1.54) is 34.6 Å². The number of hydrogen-bond acceptors (Lipinski definition) is 4. The summed E-state index contributed by atoms with van der Waals surface area (Å²) in [5.74, 6) is -0.507. The van der Waals surface area contributed by atoms with Crippen molar-refractivity contribution in [2.45, 2.75) is 17.7 Å². The van der Waals surface area contributed by atoms with Crippen molar-refractivity contribution in [1.29, 1.82) is 5.26 Å². The fourth-order valence-corrected chi connectivity index (χ4v) is 4.80. The molecule has 1 saturated heterocycles. The molecule has 0 unspecified atom stereocenters. The molecule has 0 spiro atoms. The molecule has 6 nitrogen and oxygen atoms in total. The van der Waals surface area contributed by atoms with Crippen molar-refractivity contribution in [3.8, 4) is 6.07 Å². The zero-order valence-electron chi connectivity index (χ0n) is 14.7. The molecule has 1 aliphatic rings. The number of piperidine rings is 1. The van der Waals surface area contributed by atoms with E-state index >= 15 is 0 Å². The van der Waals surface area contributed by atoms with E-state index in [0.717, 1.165) is 0 Å². The van der Waals surface area contributed by atoms with Crippen LogP contribution >= 0.6 is 23.2 Å². The number of sulfonamides is 1. The first-order valence-corrected chi connectivity index (χ1v) is 10.8. The molecular formula is C19H17Cl2N3O3S. The van der Waals surface area contributed by atoms with Gasteiger partial charge in [0.15, 0.2) is 0 Å². The highest BCUT2D eigenvalue weighted by Crippen LogP contribution is 2.26. The van der Waals surface area contributed by atoms with E-state index < -0.39 is 10.0 Å². The summed E-state index contributed by atoms with van der Waals surface area (Å²) in [4.78, 5) is 12.7. The van der Waals surface area contributed by atoms with Crippen LogP contribution in [0.1, 0.15) is 18.4 Å². The van der Waals surface area contributed by atoms with Gasteiger partial charge in [0.05, 0.1) is 15.5 Å². The van der Waals surface area contributed by atoms with E-state index in [4.69, 9.17) is 28.5 Å². The molecule has 146 valence electrons. The molecule has 0 atom stereocenters. The first kappa shape index (κ1) is 20.6. The van der Waals surface area contributed by atoms with Gasteiger partial charge in [-0.15, -0.1) is 0 Å². The van der Waals surface area contributed by atoms with Crippen molar-refractivity contribution in [2.24, 2.45) is 5.92 Å². The third-order valence-electron chi connectivity index (χ3n) is 4.63. The summed E-state index contributed by atoms with van der Waals surface area (Å²) >= 11 is 11.7. The van der Waals surface area contributed by atoms with E-state index in [1.54, 1.807) is 12.1 Å². The van der Waals surface area contributed by atoms with Crippen molar-refractivity contribution < 1.29 is 13.2 Å². The zero-order chi connectivity index (χ0) is 20.3. The first-order valence-electron chi connectivity index (χ1n) is 8.57. The maximum absolute atomic E-state index is 12.7. The number of anilines is 1. The minimum absolute atomic E-state index is 0.185. The minimum atomic E-state index is -3.61. The Morgan fingerprint density at radius 2 is 1.75 bits per heavy atom. The van der Waals surface area contributed by atoms with Crippen LogP contribution in [-0.2, 0) is 14.8 Å². The third kappa shape index (κ3) is 4.47. The molecule has 9 heteroatoms. The highest BCUT2D eigenvalue weighted by atomic mass is 35.5. The van der Waals surface area contributed by atoms with E-state index in [2.05, 4.69) is 5.32 Å². The molecule has 0 aliphatic carbocycles. The molecule has 1 aliphatic heterocycles. The van der Waals surface area contributed by atoms with Crippen LogP contribution < -0.4 is 5.32 Å². The largest absolute Gasteiger partial charge is 0.326 e. The summed E-state index contributed by atoms with van der Waals surface area (Å²) in [6, 6.07) is 12.7. The number of carbonyl (C=O) groups is 1. The van der Waals surface area contributed by atoms with Gasteiger partial charge in [-0.05, 0) is 55.3 Å². The van der Waals surface area contributed by atoms with E-state index in [0.29, 0.717) is 28.6 Å². The monoisotopic (exact) mass is 437 g/mol. The Morgan fingerprint density at radius 3 is 2.36 bits per heavy atom. The quantitative estimate of drug-likeness (QED) is 0.784. The summed E-state index contributed by atoms with van der Waals surface area (Å²) in [6.07, 6.45) is 0.828. The number of hydrogen-bond donors (Lipinski definition) is 1. The summed E-state index contributed by atoms with van der Waals surface area (Å²) in [5, 5.41) is 12.6. The van der Waals surface area contributed by atoms with Crippen molar-refractivity contribution in [1.82, 2.24) is 4.31 Å². The van der Waals surface area contributed by atoms with Gasteiger partial charge in [0, 0.05) is 29.7 Å². The highest BCUT2D eigenvalue weighted by Gasteiger charge is 2.32. The van der Waals surface area contributed by atoms with Crippen LogP contribution in [0.4, 0.5) is 5.69 Å². The molecule has 1 heterocycles. The van der Waals surface area contributed by atoms with Crippen LogP contribution in [0.5, 0.6) is 0 Å². The smallest absolute Gasteiger partial charge is 0.243 e. The number of nitrogens with zero attached hydrogens (tertiary/aromatic N) is 2. The number of amides is 1. The molecule has 28 heavy (non-hydrogen) atoms. The second-order valence-electron chi connectivity index (χ2n) is 6.43. The molecule has 0 saturated carbocycles. The summed E-state index contributed by atoms with van der Waals surface area (Å²) in [7, 11) is -3.61. The third-order valence-corrected chi connectivity index (χ3v) is 7.12. The van der Waals surface area contributed by atoms with Crippen molar-refractivity contribution in [2.75, 3.05) is 18.4 Å². The van der Waals surface area contributed by atoms with Crippen LogP contribution in [0.2, 0.25) is 10.0 Å². The predicted octanol–water partition coefficient (Wildman–Crippen LogP) is 3.90. The Labute approximate surface area is 173 Å². The summed E-state index contributed by atoms with van der Waals surface area (Å²) in [6.45, 7) is 0.514. The van der Waals surface area contributed by atoms with Crippen molar-refractivity contribution in [3.05, 3.63) is 58.1 Å². The number of benzene rings is 2. The average Bonchev–Trinajstić information content (AvgIpc) is 2.70. The predicted molar refractivity (Wildman–Crippen MR) is 108 cm³/mol. The van der Waals surface area contributed by atoms with Gasteiger partial charge in [0.25, 0.3) is 0 Å². The highest BCUT2D eigenvalue weighted by molar-refractivity contribution is 7.89. The lowest BCUT2D eigenvalue weighted by atomic mass is 9.97. The molecular weight excluding hydrogens is 421 g/mol. The van der Waals surface area contributed by atoms with Gasteiger partial charge in [0.1, 0.15) is 6.07 Å². The Bertz CT molecular complexity index is 1030. The second kappa shape index (κ2) is 8.50.